The van der Waals surface area contributed by atoms with Gasteiger partial charge in [0.1, 0.15) is 18.0 Å². The average molecular weight is 385 g/mol. The van der Waals surface area contributed by atoms with Gasteiger partial charge in [-0.2, -0.15) is 4.98 Å². The van der Waals surface area contributed by atoms with Gasteiger partial charge in [0, 0.05) is 25.4 Å². The van der Waals surface area contributed by atoms with Crippen LogP contribution in [0.25, 0.3) is 5.69 Å². The minimum Gasteiger partial charge on any atom is -0.374 e. The van der Waals surface area contributed by atoms with E-state index in [9.17, 15) is 8.78 Å². The summed E-state index contributed by atoms with van der Waals surface area (Å²) >= 11 is 0. The molecule has 1 aromatic heterocycles. The molecular formula is C20H21F2N5O. The third-order valence-electron chi connectivity index (χ3n) is 5.15. The topological polar surface area (TPSA) is 55.2 Å². The Balaban J connectivity index is 0.00000205. The van der Waals surface area contributed by atoms with E-state index in [1.807, 2.05) is 13.0 Å². The van der Waals surface area contributed by atoms with Crippen molar-refractivity contribution < 1.29 is 14.9 Å². The first-order valence-corrected chi connectivity index (χ1v) is 9.18. The van der Waals surface area contributed by atoms with Crippen LogP contribution in [0, 0.1) is 18.6 Å². The first kappa shape index (κ1) is 17.1. The van der Waals surface area contributed by atoms with Gasteiger partial charge in [-0.3, -0.25) is 0 Å². The minimum absolute atomic E-state index is 0. The van der Waals surface area contributed by atoms with E-state index in [4.69, 9.17) is 4.74 Å². The van der Waals surface area contributed by atoms with Gasteiger partial charge in [0.15, 0.2) is 0 Å². The lowest BCUT2D eigenvalue weighted by atomic mass is 10.1. The Kier molecular flexibility index (Phi) is 4.01. The molecule has 3 aromatic rings. The van der Waals surface area contributed by atoms with Crippen LogP contribution in [0.3, 0.4) is 0 Å². The summed E-state index contributed by atoms with van der Waals surface area (Å²) in [6, 6.07) is 9.90. The maximum atomic E-state index is 13.4. The number of aromatic nitrogens is 3. The molecule has 146 valence electrons. The molecule has 2 aliphatic heterocycles. The number of morpholine rings is 1. The number of aryl methyl sites for hydroxylation is 1. The third-order valence-corrected chi connectivity index (χ3v) is 5.15. The first-order valence-electron chi connectivity index (χ1n) is 9.18. The van der Waals surface area contributed by atoms with Crippen LogP contribution in [0.4, 0.5) is 26.1 Å². The molecule has 0 unspecified atom stereocenters. The summed E-state index contributed by atoms with van der Waals surface area (Å²) in [6.07, 6.45) is 2.82. The van der Waals surface area contributed by atoms with Gasteiger partial charge in [-0.1, -0.05) is 0 Å². The number of hydrogen-bond donors (Lipinski definition) is 1. The highest BCUT2D eigenvalue weighted by molar-refractivity contribution is 5.65. The fraction of sp³-hybridized carbons (Fsp3) is 0.300. The van der Waals surface area contributed by atoms with Gasteiger partial charge in [-0.25, -0.2) is 13.5 Å². The van der Waals surface area contributed by atoms with Gasteiger partial charge >= 0.3 is 0 Å². The second-order valence-electron chi connectivity index (χ2n) is 7.32. The zero-order valence-corrected chi connectivity index (χ0v) is 15.3. The number of rotatable bonds is 4. The van der Waals surface area contributed by atoms with Crippen LogP contribution in [0.15, 0.2) is 42.7 Å². The molecule has 6 nitrogen and oxygen atoms in total. The maximum Gasteiger partial charge on any atom is 0.246 e. The fourth-order valence-electron chi connectivity index (χ4n) is 3.96. The molecule has 0 amide bonds. The van der Waals surface area contributed by atoms with E-state index in [0.717, 1.165) is 42.6 Å². The quantitative estimate of drug-likeness (QED) is 0.740. The SMILES string of the molecule is Cc1cc(Nc2ncn(-c3cc(F)cc(F)c3)n2)cc(N2C[C@@H]3C[C@H]2CO3)c1.[HH]. The predicted molar refractivity (Wildman–Crippen MR) is 103 cm³/mol. The third kappa shape index (κ3) is 3.20. The highest BCUT2D eigenvalue weighted by atomic mass is 19.1. The summed E-state index contributed by atoms with van der Waals surface area (Å²) in [4.78, 5) is 6.59. The van der Waals surface area contributed by atoms with Crippen LogP contribution in [0.1, 0.15) is 13.4 Å². The highest BCUT2D eigenvalue weighted by Gasteiger charge is 2.39. The Morgan fingerprint density at radius 1 is 1.11 bits per heavy atom. The number of nitrogens with one attached hydrogen (secondary N) is 1. The number of halogens is 2. The molecule has 2 fully saturated rings. The fourth-order valence-corrected chi connectivity index (χ4v) is 3.96. The number of nitrogens with zero attached hydrogens (tertiary/aromatic N) is 4. The maximum absolute atomic E-state index is 13.4. The van der Waals surface area contributed by atoms with Crippen LogP contribution < -0.4 is 10.2 Å². The van der Waals surface area contributed by atoms with Gasteiger partial charge in [0.2, 0.25) is 5.95 Å². The Hall–Kier alpha value is -3.00. The molecule has 5 rings (SSSR count). The zero-order chi connectivity index (χ0) is 19.3. The molecule has 2 aliphatic rings. The second kappa shape index (κ2) is 6.56. The van der Waals surface area contributed by atoms with E-state index in [0.29, 0.717) is 18.1 Å². The van der Waals surface area contributed by atoms with E-state index in [2.05, 4.69) is 32.4 Å². The Labute approximate surface area is 162 Å². The van der Waals surface area contributed by atoms with Crippen molar-refractivity contribution in [3.63, 3.8) is 0 Å². The van der Waals surface area contributed by atoms with Crippen molar-refractivity contribution in [1.29, 1.82) is 0 Å². The van der Waals surface area contributed by atoms with E-state index < -0.39 is 11.6 Å². The molecule has 2 aromatic carbocycles. The molecule has 0 aliphatic carbocycles. The van der Waals surface area contributed by atoms with E-state index in [1.165, 1.54) is 23.1 Å². The van der Waals surface area contributed by atoms with Crippen LogP contribution in [0.2, 0.25) is 0 Å². The normalized spacial score (nSPS) is 20.8. The van der Waals surface area contributed by atoms with Gasteiger partial charge in [0.05, 0.1) is 24.4 Å². The summed E-state index contributed by atoms with van der Waals surface area (Å²) in [5, 5.41) is 7.46. The summed E-state index contributed by atoms with van der Waals surface area (Å²) in [5.41, 5.74) is 3.40. The highest BCUT2D eigenvalue weighted by Crippen LogP contribution is 2.34. The molecule has 0 radical (unpaired) electrons. The molecule has 28 heavy (non-hydrogen) atoms. The van der Waals surface area contributed by atoms with Gasteiger partial charge in [0.25, 0.3) is 0 Å². The monoisotopic (exact) mass is 385 g/mol. The minimum atomic E-state index is -0.660. The molecule has 8 heteroatoms. The van der Waals surface area contributed by atoms with Crippen molar-refractivity contribution >= 4 is 17.3 Å². The predicted octanol–water partition coefficient (Wildman–Crippen LogP) is 3.82. The number of hydrogen-bond acceptors (Lipinski definition) is 5. The smallest absolute Gasteiger partial charge is 0.246 e. The number of benzene rings is 2. The van der Waals surface area contributed by atoms with E-state index in [-0.39, 0.29) is 7.11 Å². The number of ether oxygens (including phenoxy) is 1. The van der Waals surface area contributed by atoms with Crippen molar-refractivity contribution in [1.82, 2.24) is 14.8 Å². The molecular weight excluding hydrogens is 364 g/mol. The van der Waals surface area contributed by atoms with Crippen LogP contribution in [-0.4, -0.2) is 40.1 Å². The van der Waals surface area contributed by atoms with Crippen molar-refractivity contribution in [2.45, 2.75) is 25.5 Å². The summed E-state index contributed by atoms with van der Waals surface area (Å²) in [6.45, 7) is 3.73. The summed E-state index contributed by atoms with van der Waals surface area (Å²) in [7, 11) is 0. The molecule has 0 saturated carbocycles. The standard InChI is InChI=1S/C20H19F2N5O.H2/c1-12-2-15(7-16(3-12)26-9-19-8-18(26)10-28-19)24-20-23-11-27(25-20)17-5-13(21)4-14(22)6-17;/h2-7,11,18-19H,8-10H2,1H3,(H,24,25);1H/t18-,19-;/m0./s1. The molecule has 3 heterocycles. The lowest BCUT2D eigenvalue weighted by molar-refractivity contribution is 0.0991. The van der Waals surface area contributed by atoms with Gasteiger partial charge < -0.3 is 15.0 Å². The number of fused-ring (bicyclic) bond motifs is 2. The second-order valence-corrected chi connectivity index (χ2v) is 7.32. The Morgan fingerprint density at radius 2 is 1.93 bits per heavy atom. The van der Waals surface area contributed by atoms with Crippen molar-refractivity contribution in [2.75, 3.05) is 23.4 Å². The molecule has 2 saturated heterocycles. The van der Waals surface area contributed by atoms with Crippen molar-refractivity contribution in [3.05, 3.63) is 59.9 Å². The lowest BCUT2D eigenvalue weighted by Crippen LogP contribution is -2.36. The largest absolute Gasteiger partial charge is 0.374 e. The summed E-state index contributed by atoms with van der Waals surface area (Å²) < 4.78 is 33.9. The Bertz CT molecular complexity index is 1020. The molecule has 2 atom stereocenters. The van der Waals surface area contributed by atoms with Gasteiger partial charge in [-0.15, -0.1) is 5.10 Å². The van der Waals surface area contributed by atoms with Crippen LogP contribution in [0.5, 0.6) is 0 Å². The first-order chi connectivity index (χ1) is 13.5. The van der Waals surface area contributed by atoms with Crippen LogP contribution in [-0.2, 0) is 4.74 Å². The summed E-state index contributed by atoms with van der Waals surface area (Å²) in [5.74, 6) is -0.966. The molecule has 0 spiro atoms. The Morgan fingerprint density at radius 3 is 2.64 bits per heavy atom. The van der Waals surface area contributed by atoms with Crippen molar-refractivity contribution in [2.24, 2.45) is 0 Å². The molecule has 2 bridgehead atoms. The van der Waals surface area contributed by atoms with Crippen molar-refractivity contribution in [3.8, 4) is 5.69 Å². The average Bonchev–Trinajstić information content (AvgIpc) is 3.37. The van der Waals surface area contributed by atoms with Gasteiger partial charge in [-0.05, 0) is 49.2 Å². The lowest BCUT2D eigenvalue weighted by Gasteiger charge is -2.29. The van der Waals surface area contributed by atoms with E-state index in [1.54, 1.807) is 0 Å². The van der Waals surface area contributed by atoms with Crippen LogP contribution >= 0.6 is 0 Å². The van der Waals surface area contributed by atoms with E-state index >= 15 is 0 Å². The zero-order valence-electron chi connectivity index (χ0n) is 15.3. The molecule has 1 N–H and O–H groups in total. The number of anilines is 3.